The molecule has 0 N–H and O–H groups in total. The smallest absolute Gasteiger partial charge is 0.196 e. The van der Waals surface area contributed by atoms with Crippen molar-refractivity contribution in [3.63, 3.8) is 0 Å². The van der Waals surface area contributed by atoms with Crippen LogP contribution in [0.3, 0.4) is 0 Å². The number of pyridine rings is 2. The molecule has 0 amide bonds. The predicted octanol–water partition coefficient (Wildman–Crippen LogP) is 7.64. The average Bonchev–Trinajstić information content (AvgIpc) is 2.85. The van der Waals surface area contributed by atoms with Gasteiger partial charge in [-0.3, -0.25) is 0 Å². The zero-order valence-electron chi connectivity index (χ0n) is 22.8. The van der Waals surface area contributed by atoms with Crippen molar-refractivity contribution in [1.82, 2.24) is 0 Å². The lowest BCUT2D eigenvalue weighted by Gasteiger charge is -2.34. The monoisotopic (exact) mass is 476 g/mol. The summed E-state index contributed by atoms with van der Waals surface area (Å²) < 4.78 is 4.55. The van der Waals surface area contributed by atoms with Gasteiger partial charge in [-0.1, -0.05) is 50.2 Å². The molecule has 2 nitrogen and oxygen atoms in total. The van der Waals surface area contributed by atoms with Crippen molar-refractivity contribution in [2.24, 2.45) is 19.5 Å². The van der Waals surface area contributed by atoms with Crippen LogP contribution < -0.4 is 9.13 Å². The molecule has 1 fully saturated rings. The Labute approximate surface area is 217 Å². The van der Waals surface area contributed by atoms with Crippen LogP contribution >= 0.6 is 0 Å². The summed E-state index contributed by atoms with van der Waals surface area (Å²) in [4.78, 5) is 0. The summed E-state index contributed by atoms with van der Waals surface area (Å²) in [5, 5.41) is 0. The van der Waals surface area contributed by atoms with Gasteiger partial charge in [0.1, 0.15) is 14.1 Å². The Morgan fingerprint density at radius 1 is 0.694 bits per heavy atom. The SMILES string of the molecule is Cc1cc(C2CCC(C)(C)CC2)ccc1-c1cc[n+](C)c(-c2cccc(-c3ccccc3C)[n+]2C)c1. The van der Waals surface area contributed by atoms with Gasteiger partial charge < -0.3 is 0 Å². The Kier molecular flexibility index (Phi) is 6.55. The van der Waals surface area contributed by atoms with E-state index in [0.717, 1.165) is 0 Å². The molecule has 0 radical (unpaired) electrons. The van der Waals surface area contributed by atoms with Gasteiger partial charge in [-0.25, -0.2) is 0 Å². The molecular formula is C34H40N2+2. The minimum atomic E-state index is 0.508. The molecule has 5 rings (SSSR count). The largest absolute Gasteiger partial charge is 0.277 e. The number of aryl methyl sites for hydroxylation is 3. The molecule has 0 saturated heterocycles. The van der Waals surface area contributed by atoms with Crippen LogP contribution in [0.5, 0.6) is 0 Å². The van der Waals surface area contributed by atoms with Gasteiger partial charge >= 0.3 is 0 Å². The van der Waals surface area contributed by atoms with Crippen LogP contribution in [0.1, 0.15) is 62.1 Å². The zero-order valence-corrected chi connectivity index (χ0v) is 22.8. The minimum Gasteiger partial charge on any atom is -0.196 e. The number of rotatable bonds is 4. The number of benzene rings is 2. The topological polar surface area (TPSA) is 7.76 Å². The van der Waals surface area contributed by atoms with Gasteiger partial charge in [0.2, 0.25) is 5.69 Å². The fraction of sp³-hybridized carbons (Fsp3) is 0.353. The first-order valence-electron chi connectivity index (χ1n) is 13.4. The molecule has 36 heavy (non-hydrogen) atoms. The van der Waals surface area contributed by atoms with Crippen LogP contribution in [0.15, 0.2) is 79.0 Å². The van der Waals surface area contributed by atoms with Crippen LogP contribution in [0.25, 0.3) is 33.8 Å². The van der Waals surface area contributed by atoms with E-state index in [1.54, 1.807) is 0 Å². The number of hydrogen-bond acceptors (Lipinski definition) is 0. The Bertz CT molecular complexity index is 1400. The quantitative estimate of drug-likeness (QED) is 0.267. The zero-order chi connectivity index (χ0) is 25.4. The highest BCUT2D eigenvalue weighted by molar-refractivity contribution is 5.70. The van der Waals surface area contributed by atoms with Gasteiger partial charge in [0.05, 0.1) is 0 Å². The van der Waals surface area contributed by atoms with Crippen molar-refractivity contribution in [2.75, 3.05) is 0 Å². The second-order valence-electron chi connectivity index (χ2n) is 11.6. The highest BCUT2D eigenvalue weighted by Gasteiger charge is 2.28. The van der Waals surface area contributed by atoms with E-state index in [-0.39, 0.29) is 0 Å². The lowest BCUT2D eigenvalue weighted by atomic mass is 9.71. The molecule has 4 aromatic rings. The number of aromatic nitrogens is 2. The number of hydrogen-bond donors (Lipinski definition) is 0. The lowest BCUT2D eigenvalue weighted by molar-refractivity contribution is -0.685. The lowest BCUT2D eigenvalue weighted by Crippen LogP contribution is -2.40. The van der Waals surface area contributed by atoms with Crippen LogP contribution in [-0.2, 0) is 14.1 Å². The van der Waals surface area contributed by atoms with E-state index in [4.69, 9.17) is 0 Å². The summed E-state index contributed by atoms with van der Waals surface area (Å²) in [6.45, 7) is 9.29. The van der Waals surface area contributed by atoms with E-state index in [9.17, 15) is 0 Å². The van der Waals surface area contributed by atoms with Crippen molar-refractivity contribution in [3.8, 4) is 33.8 Å². The summed E-state index contributed by atoms with van der Waals surface area (Å²) >= 11 is 0. The van der Waals surface area contributed by atoms with Gasteiger partial charge in [0.25, 0.3) is 11.4 Å². The first-order valence-corrected chi connectivity index (χ1v) is 13.4. The maximum Gasteiger partial charge on any atom is 0.277 e. The van der Waals surface area contributed by atoms with E-state index < -0.39 is 0 Å². The molecular weight excluding hydrogens is 436 g/mol. The number of nitrogens with zero attached hydrogens (tertiary/aromatic N) is 2. The van der Waals surface area contributed by atoms with Crippen molar-refractivity contribution < 1.29 is 9.13 Å². The molecule has 2 aromatic carbocycles. The first kappa shape index (κ1) is 24.4. The summed E-state index contributed by atoms with van der Waals surface area (Å²) in [5.41, 5.74) is 12.2. The third-order valence-corrected chi connectivity index (χ3v) is 8.44. The highest BCUT2D eigenvalue weighted by Crippen LogP contribution is 2.43. The Balaban J connectivity index is 1.50. The highest BCUT2D eigenvalue weighted by atomic mass is 15.0. The molecule has 2 heterocycles. The van der Waals surface area contributed by atoms with Gasteiger partial charge in [-0.2, -0.15) is 9.13 Å². The maximum atomic E-state index is 2.45. The molecule has 184 valence electrons. The summed E-state index contributed by atoms with van der Waals surface area (Å²) in [5.74, 6) is 0.707. The van der Waals surface area contributed by atoms with E-state index >= 15 is 0 Å². The Morgan fingerprint density at radius 2 is 1.42 bits per heavy atom. The van der Waals surface area contributed by atoms with Gasteiger partial charge in [-0.15, -0.1) is 0 Å². The molecule has 1 aliphatic carbocycles. The third kappa shape index (κ3) is 4.74. The molecule has 0 spiro atoms. The van der Waals surface area contributed by atoms with E-state index in [0.29, 0.717) is 11.3 Å². The molecule has 0 atom stereocenters. The van der Waals surface area contributed by atoms with E-state index in [1.807, 2.05) is 0 Å². The van der Waals surface area contributed by atoms with Crippen molar-refractivity contribution >= 4 is 0 Å². The minimum absolute atomic E-state index is 0.508. The average molecular weight is 477 g/mol. The van der Waals surface area contributed by atoms with Gasteiger partial charge in [0, 0.05) is 29.8 Å². The normalized spacial score (nSPS) is 15.7. The molecule has 0 aliphatic heterocycles. The molecule has 1 saturated carbocycles. The molecule has 2 heteroatoms. The molecule has 1 aliphatic rings. The van der Waals surface area contributed by atoms with Crippen molar-refractivity contribution in [3.05, 3.63) is 95.7 Å². The maximum absolute atomic E-state index is 2.45. The van der Waals surface area contributed by atoms with Crippen LogP contribution in [-0.4, -0.2) is 0 Å². The summed E-state index contributed by atoms with van der Waals surface area (Å²) in [6.07, 6.45) is 7.47. The summed E-state index contributed by atoms with van der Waals surface area (Å²) in [6, 6.07) is 27.0. The van der Waals surface area contributed by atoms with Crippen LogP contribution in [0.4, 0.5) is 0 Å². The third-order valence-electron chi connectivity index (χ3n) is 8.44. The second-order valence-corrected chi connectivity index (χ2v) is 11.6. The van der Waals surface area contributed by atoms with Gasteiger partial charge in [-0.05, 0) is 90.8 Å². The predicted molar refractivity (Wildman–Crippen MR) is 150 cm³/mol. The Hall–Kier alpha value is -3.26. The summed E-state index contributed by atoms with van der Waals surface area (Å²) in [7, 11) is 4.31. The fourth-order valence-electron chi connectivity index (χ4n) is 5.96. The van der Waals surface area contributed by atoms with Crippen molar-refractivity contribution in [2.45, 2.75) is 59.3 Å². The standard InChI is InChI=1S/C34H40N2/c1-24-10-7-8-11-30(24)31-12-9-13-32(36(31)6)33-23-28(18-21-35(33)5)29-15-14-27(22-25(29)2)26-16-19-34(3,4)20-17-26/h7-15,18,21-23,26H,16-17,19-20H2,1-6H3/q+2. The first-order chi connectivity index (χ1) is 17.2. The van der Waals surface area contributed by atoms with Crippen LogP contribution in [0.2, 0.25) is 0 Å². The fourth-order valence-corrected chi connectivity index (χ4v) is 5.96. The Morgan fingerprint density at radius 3 is 2.14 bits per heavy atom. The second kappa shape index (κ2) is 9.65. The van der Waals surface area contributed by atoms with E-state index in [1.165, 1.54) is 76.1 Å². The van der Waals surface area contributed by atoms with Crippen LogP contribution in [0, 0.1) is 19.3 Å². The van der Waals surface area contributed by atoms with Crippen molar-refractivity contribution in [1.29, 1.82) is 0 Å². The molecule has 0 bridgehead atoms. The molecule has 2 aromatic heterocycles. The van der Waals surface area contributed by atoms with Gasteiger partial charge in [0.15, 0.2) is 6.20 Å². The molecule has 0 unspecified atom stereocenters. The van der Waals surface area contributed by atoms with E-state index in [2.05, 4.69) is 130 Å².